The summed E-state index contributed by atoms with van der Waals surface area (Å²) in [5, 5.41) is 2.34. The summed E-state index contributed by atoms with van der Waals surface area (Å²) in [4.78, 5) is 15.8. The SMILES string of the molecule is O=C(NCCC(F)(F)F)C1CCn2ccnc2C1. The van der Waals surface area contributed by atoms with Crippen LogP contribution in [0.1, 0.15) is 18.7 Å². The lowest BCUT2D eigenvalue weighted by Crippen LogP contribution is -2.37. The minimum Gasteiger partial charge on any atom is -0.356 e. The van der Waals surface area contributed by atoms with E-state index in [2.05, 4.69) is 10.3 Å². The number of carbonyl (C=O) groups excluding carboxylic acids is 1. The van der Waals surface area contributed by atoms with Crippen molar-refractivity contribution in [2.45, 2.75) is 32.0 Å². The van der Waals surface area contributed by atoms with Crippen LogP contribution < -0.4 is 5.32 Å². The molecule has 0 aliphatic carbocycles. The van der Waals surface area contributed by atoms with Crippen LogP contribution in [0.5, 0.6) is 0 Å². The van der Waals surface area contributed by atoms with Crippen LogP contribution in [0.15, 0.2) is 12.4 Å². The molecular formula is C11H14F3N3O. The molecule has 1 amide bonds. The molecule has 0 saturated heterocycles. The Hall–Kier alpha value is -1.53. The van der Waals surface area contributed by atoms with Crippen LogP contribution in [0, 0.1) is 5.92 Å². The molecule has 0 fully saturated rings. The first-order valence-corrected chi connectivity index (χ1v) is 5.80. The molecule has 0 aromatic carbocycles. The Morgan fingerprint density at radius 1 is 1.56 bits per heavy atom. The summed E-state index contributed by atoms with van der Waals surface area (Å²) in [6.07, 6.45) is -0.575. The van der Waals surface area contributed by atoms with Crippen molar-refractivity contribution < 1.29 is 18.0 Å². The Bertz CT molecular complexity index is 427. The Labute approximate surface area is 102 Å². The van der Waals surface area contributed by atoms with E-state index in [4.69, 9.17) is 0 Å². The lowest BCUT2D eigenvalue weighted by molar-refractivity contribution is -0.136. The molecule has 2 heterocycles. The van der Waals surface area contributed by atoms with Crippen molar-refractivity contribution in [3.8, 4) is 0 Å². The van der Waals surface area contributed by atoms with E-state index in [0.717, 1.165) is 5.82 Å². The molecule has 0 saturated carbocycles. The van der Waals surface area contributed by atoms with Gasteiger partial charge in [0, 0.05) is 37.8 Å². The third-order valence-corrected chi connectivity index (χ3v) is 3.03. The predicted octanol–water partition coefficient (Wildman–Crippen LogP) is 1.51. The summed E-state index contributed by atoms with van der Waals surface area (Å²) in [6, 6.07) is 0. The molecule has 0 spiro atoms. The van der Waals surface area contributed by atoms with Crippen molar-refractivity contribution >= 4 is 5.91 Å². The number of amides is 1. The summed E-state index contributed by atoms with van der Waals surface area (Å²) < 4.78 is 37.8. The van der Waals surface area contributed by atoms with Gasteiger partial charge in [-0.25, -0.2) is 4.98 Å². The predicted molar refractivity (Wildman–Crippen MR) is 57.7 cm³/mol. The second-order valence-electron chi connectivity index (χ2n) is 4.38. The minimum absolute atomic E-state index is 0.270. The fourth-order valence-electron chi connectivity index (χ4n) is 2.05. The first-order valence-electron chi connectivity index (χ1n) is 5.80. The maximum absolute atomic E-state index is 11.9. The number of alkyl halides is 3. The van der Waals surface area contributed by atoms with E-state index in [1.807, 2.05) is 10.8 Å². The molecule has 0 radical (unpaired) electrons. The van der Waals surface area contributed by atoms with Gasteiger partial charge in [0.25, 0.3) is 0 Å². The lowest BCUT2D eigenvalue weighted by atomic mass is 9.97. The number of imidazole rings is 1. The molecular weight excluding hydrogens is 247 g/mol. The van der Waals surface area contributed by atoms with Crippen LogP contribution in [-0.2, 0) is 17.8 Å². The smallest absolute Gasteiger partial charge is 0.356 e. The first-order chi connectivity index (χ1) is 8.46. The van der Waals surface area contributed by atoms with Gasteiger partial charge in [-0.3, -0.25) is 4.79 Å². The van der Waals surface area contributed by atoms with Gasteiger partial charge in [-0.05, 0) is 6.42 Å². The molecule has 18 heavy (non-hydrogen) atoms. The molecule has 1 aromatic heterocycles. The van der Waals surface area contributed by atoms with Gasteiger partial charge in [-0.15, -0.1) is 0 Å². The quantitative estimate of drug-likeness (QED) is 0.896. The average molecular weight is 261 g/mol. The summed E-state index contributed by atoms with van der Waals surface area (Å²) in [7, 11) is 0. The van der Waals surface area contributed by atoms with E-state index >= 15 is 0 Å². The molecule has 1 aliphatic heterocycles. The van der Waals surface area contributed by atoms with E-state index in [1.54, 1.807) is 6.20 Å². The monoisotopic (exact) mass is 261 g/mol. The Morgan fingerprint density at radius 3 is 3.06 bits per heavy atom. The zero-order valence-electron chi connectivity index (χ0n) is 9.70. The third-order valence-electron chi connectivity index (χ3n) is 3.03. The summed E-state index contributed by atoms with van der Waals surface area (Å²) in [5.74, 6) is 0.235. The lowest BCUT2D eigenvalue weighted by Gasteiger charge is -2.22. The number of aryl methyl sites for hydroxylation is 1. The van der Waals surface area contributed by atoms with Crippen molar-refractivity contribution in [1.29, 1.82) is 0 Å². The number of aromatic nitrogens is 2. The number of halogens is 3. The highest BCUT2D eigenvalue weighted by Gasteiger charge is 2.28. The summed E-state index contributed by atoms with van der Waals surface area (Å²) >= 11 is 0. The maximum atomic E-state index is 11.9. The highest BCUT2D eigenvalue weighted by atomic mass is 19.4. The van der Waals surface area contributed by atoms with Gasteiger partial charge in [0.15, 0.2) is 0 Å². The van der Waals surface area contributed by atoms with E-state index in [9.17, 15) is 18.0 Å². The number of nitrogens with one attached hydrogen (secondary N) is 1. The van der Waals surface area contributed by atoms with Crippen LogP contribution in [0.3, 0.4) is 0 Å². The fraction of sp³-hybridized carbons (Fsp3) is 0.636. The van der Waals surface area contributed by atoms with Crippen LogP contribution in [0.2, 0.25) is 0 Å². The van der Waals surface area contributed by atoms with Gasteiger partial charge in [0.2, 0.25) is 5.91 Å². The van der Waals surface area contributed by atoms with E-state index < -0.39 is 12.6 Å². The Balaban J connectivity index is 1.81. The number of nitrogens with zero attached hydrogens (tertiary/aromatic N) is 2. The number of hydrogen-bond donors (Lipinski definition) is 1. The summed E-state index contributed by atoms with van der Waals surface area (Å²) in [5.41, 5.74) is 0. The molecule has 7 heteroatoms. The largest absolute Gasteiger partial charge is 0.390 e. The standard InChI is InChI=1S/C11H14F3N3O/c12-11(13,14)2-3-16-10(18)8-1-5-17-6-4-15-9(17)7-8/h4,6,8H,1-3,5,7H2,(H,16,18). The van der Waals surface area contributed by atoms with Crippen LogP contribution >= 0.6 is 0 Å². The molecule has 2 rings (SSSR count). The van der Waals surface area contributed by atoms with E-state index in [0.29, 0.717) is 19.4 Å². The first kappa shape index (κ1) is 12.9. The highest BCUT2D eigenvalue weighted by molar-refractivity contribution is 5.78. The zero-order valence-corrected chi connectivity index (χ0v) is 9.70. The second kappa shape index (κ2) is 4.99. The molecule has 4 nitrogen and oxygen atoms in total. The topological polar surface area (TPSA) is 46.9 Å². The van der Waals surface area contributed by atoms with E-state index in [1.165, 1.54) is 0 Å². The van der Waals surface area contributed by atoms with Crippen LogP contribution in [0.25, 0.3) is 0 Å². The van der Waals surface area contributed by atoms with Gasteiger partial charge in [0.1, 0.15) is 5.82 Å². The summed E-state index contributed by atoms with van der Waals surface area (Å²) in [6.45, 7) is 0.333. The van der Waals surface area contributed by atoms with E-state index in [-0.39, 0.29) is 18.4 Å². The van der Waals surface area contributed by atoms with Gasteiger partial charge in [0.05, 0.1) is 6.42 Å². The zero-order chi connectivity index (χ0) is 13.2. The highest BCUT2D eigenvalue weighted by Crippen LogP contribution is 2.20. The molecule has 0 bridgehead atoms. The number of hydrogen-bond acceptors (Lipinski definition) is 2. The second-order valence-corrected chi connectivity index (χ2v) is 4.38. The van der Waals surface area contributed by atoms with Gasteiger partial charge in [-0.2, -0.15) is 13.2 Å². The Morgan fingerprint density at radius 2 is 2.33 bits per heavy atom. The number of rotatable bonds is 3. The third kappa shape index (κ3) is 3.24. The normalized spacial score (nSPS) is 19.4. The Kier molecular flexibility index (Phi) is 3.58. The average Bonchev–Trinajstić information content (AvgIpc) is 2.73. The van der Waals surface area contributed by atoms with Gasteiger partial charge >= 0.3 is 6.18 Å². The molecule has 1 atom stereocenters. The maximum Gasteiger partial charge on any atom is 0.390 e. The molecule has 1 aromatic rings. The number of fused-ring (bicyclic) bond motifs is 1. The number of carbonyl (C=O) groups is 1. The van der Waals surface area contributed by atoms with Crippen molar-refractivity contribution in [1.82, 2.24) is 14.9 Å². The van der Waals surface area contributed by atoms with Crippen molar-refractivity contribution in [2.24, 2.45) is 5.92 Å². The van der Waals surface area contributed by atoms with Crippen molar-refractivity contribution in [3.05, 3.63) is 18.2 Å². The molecule has 100 valence electrons. The van der Waals surface area contributed by atoms with Crippen LogP contribution in [-0.4, -0.2) is 28.2 Å². The van der Waals surface area contributed by atoms with Gasteiger partial charge in [-0.1, -0.05) is 0 Å². The van der Waals surface area contributed by atoms with Crippen molar-refractivity contribution in [2.75, 3.05) is 6.54 Å². The van der Waals surface area contributed by atoms with Crippen molar-refractivity contribution in [3.63, 3.8) is 0 Å². The molecule has 1 N–H and O–H groups in total. The molecule has 1 aliphatic rings. The van der Waals surface area contributed by atoms with Gasteiger partial charge < -0.3 is 9.88 Å². The molecule has 1 unspecified atom stereocenters. The van der Waals surface area contributed by atoms with Crippen LogP contribution in [0.4, 0.5) is 13.2 Å². The fourth-order valence-corrected chi connectivity index (χ4v) is 2.05. The minimum atomic E-state index is -4.23.